The van der Waals surface area contributed by atoms with Crippen LogP contribution < -0.4 is 0 Å². The molecule has 0 aliphatic carbocycles. The van der Waals surface area contributed by atoms with Gasteiger partial charge in [0.15, 0.2) is 6.29 Å². The highest BCUT2D eigenvalue weighted by Crippen LogP contribution is 2.19. The van der Waals surface area contributed by atoms with Gasteiger partial charge in [-0.1, -0.05) is 40.2 Å². The SMILES string of the molecule is C=CC(=O)O.CCC(CC)CC(C)C(O)O. The Balaban J connectivity index is 0. The Bertz CT molecular complexity index is 185. The third-order valence-corrected chi connectivity index (χ3v) is 2.54. The Hall–Kier alpha value is -0.870. The van der Waals surface area contributed by atoms with E-state index in [1.54, 1.807) is 0 Å². The fraction of sp³-hybridized carbons (Fsp3) is 0.750. The third-order valence-electron chi connectivity index (χ3n) is 2.54. The van der Waals surface area contributed by atoms with E-state index in [2.05, 4.69) is 20.4 Å². The molecule has 4 heteroatoms. The Morgan fingerprint density at radius 1 is 1.31 bits per heavy atom. The zero-order valence-corrected chi connectivity index (χ0v) is 10.4. The van der Waals surface area contributed by atoms with Crippen molar-refractivity contribution in [1.29, 1.82) is 0 Å². The van der Waals surface area contributed by atoms with Gasteiger partial charge in [-0.15, -0.1) is 0 Å². The molecule has 4 nitrogen and oxygen atoms in total. The maximum absolute atomic E-state index is 9.25. The lowest BCUT2D eigenvalue weighted by Gasteiger charge is -2.19. The number of rotatable bonds is 6. The summed E-state index contributed by atoms with van der Waals surface area (Å²) in [5, 5.41) is 25.2. The number of hydrogen-bond acceptors (Lipinski definition) is 3. The highest BCUT2D eigenvalue weighted by atomic mass is 16.5. The van der Waals surface area contributed by atoms with Crippen molar-refractivity contribution in [2.45, 2.75) is 46.3 Å². The quantitative estimate of drug-likeness (QED) is 0.483. The van der Waals surface area contributed by atoms with E-state index in [4.69, 9.17) is 15.3 Å². The average molecular weight is 232 g/mol. The highest BCUT2D eigenvalue weighted by molar-refractivity contribution is 5.78. The average Bonchev–Trinajstić information content (AvgIpc) is 2.25. The molecule has 0 radical (unpaired) electrons. The lowest BCUT2D eigenvalue weighted by atomic mass is 9.91. The van der Waals surface area contributed by atoms with Crippen molar-refractivity contribution >= 4 is 5.97 Å². The van der Waals surface area contributed by atoms with Gasteiger partial charge >= 0.3 is 5.97 Å². The second kappa shape index (κ2) is 10.6. The highest BCUT2D eigenvalue weighted by Gasteiger charge is 2.14. The molecule has 0 aromatic carbocycles. The molecule has 0 rings (SSSR count). The van der Waals surface area contributed by atoms with E-state index >= 15 is 0 Å². The van der Waals surface area contributed by atoms with Gasteiger partial charge in [-0.3, -0.25) is 0 Å². The van der Waals surface area contributed by atoms with E-state index in [1.165, 1.54) is 0 Å². The molecule has 1 unspecified atom stereocenters. The van der Waals surface area contributed by atoms with E-state index in [9.17, 15) is 4.79 Å². The number of aliphatic carboxylic acids is 1. The first-order valence-corrected chi connectivity index (χ1v) is 5.60. The van der Waals surface area contributed by atoms with Crippen LogP contribution in [0.3, 0.4) is 0 Å². The van der Waals surface area contributed by atoms with Gasteiger partial charge in [-0.2, -0.15) is 0 Å². The van der Waals surface area contributed by atoms with Crippen molar-refractivity contribution in [3.63, 3.8) is 0 Å². The van der Waals surface area contributed by atoms with E-state index in [1.807, 2.05) is 6.92 Å². The van der Waals surface area contributed by atoms with E-state index in [-0.39, 0.29) is 5.92 Å². The molecule has 16 heavy (non-hydrogen) atoms. The molecule has 0 aromatic rings. The maximum Gasteiger partial charge on any atom is 0.327 e. The Morgan fingerprint density at radius 2 is 1.69 bits per heavy atom. The van der Waals surface area contributed by atoms with Gasteiger partial charge in [-0.25, -0.2) is 4.79 Å². The lowest BCUT2D eigenvalue weighted by Crippen LogP contribution is -2.19. The molecule has 1 atom stereocenters. The first-order chi connectivity index (χ1) is 7.38. The van der Waals surface area contributed by atoms with Crippen molar-refractivity contribution in [1.82, 2.24) is 0 Å². The number of aliphatic hydroxyl groups is 2. The monoisotopic (exact) mass is 232 g/mol. The summed E-state index contributed by atoms with van der Waals surface area (Å²) in [6.45, 7) is 9.13. The summed E-state index contributed by atoms with van der Waals surface area (Å²) in [7, 11) is 0. The van der Waals surface area contributed by atoms with E-state index in [0.717, 1.165) is 25.3 Å². The van der Waals surface area contributed by atoms with Crippen molar-refractivity contribution < 1.29 is 20.1 Å². The zero-order valence-electron chi connectivity index (χ0n) is 10.4. The second-order valence-electron chi connectivity index (χ2n) is 3.85. The summed E-state index contributed by atoms with van der Waals surface area (Å²) in [5.41, 5.74) is 0. The number of hydrogen-bond donors (Lipinski definition) is 3. The molecule has 0 saturated heterocycles. The fourth-order valence-electron chi connectivity index (χ4n) is 1.27. The second-order valence-corrected chi connectivity index (χ2v) is 3.85. The molecule has 3 N–H and O–H groups in total. The fourth-order valence-corrected chi connectivity index (χ4v) is 1.27. The summed E-state index contributed by atoms with van der Waals surface area (Å²) < 4.78 is 0. The molecule has 0 spiro atoms. The molecule has 96 valence electrons. The topological polar surface area (TPSA) is 77.8 Å². The van der Waals surface area contributed by atoms with Crippen molar-refractivity contribution in [3.05, 3.63) is 12.7 Å². The van der Waals surface area contributed by atoms with Crippen LogP contribution in [0.15, 0.2) is 12.7 Å². The summed E-state index contributed by atoms with van der Waals surface area (Å²) >= 11 is 0. The summed E-state index contributed by atoms with van der Waals surface area (Å²) in [6.07, 6.45) is 2.88. The van der Waals surface area contributed by atoms with Crippen molar-refractivity contribution in [2.24, 2.45) is 11.8 Å². The zero-order chi connectivity index (χ0) is 13.1. The molecular formula is C12H24O4. The normalized spacial score (nSPS) is 11.9. The van der Waals surface area contributed by atoms with Crippen LogP contribution in [0.5, 0.6) is 0 Å². The van der Waals surface area contributed by atoms with Gasteiger partial charge in [0, 0.05) is 12.0 Å². The van der Waals surface area contributed by atoms with E-state index < -0.39 is 12.3 Å². The first kappa shape index (κ1) is 17.5. The van der Waals surface area contributed by atoms with Crippen LogP contribution in [0.1, 0.15) is 40.0 Å². The lowest BCUT2D eigenvalue weighted by molar-refractivity contribution is -0.131. The van der Waals surface area contributed by atoms with Crippen LogP contribution >= 0.6 is 0 Å². The van der Waals surface area contributed by atoms with Gasteiger partial charge < -0.3 is 15.3 Å². The van der Waals surface area contributed by atoms with Gasteiger partial charge in [-0.05, 0) is 12.3 Å². The minimum atomic E-state index is -1.14. The van der Waals surface area contributed by atoms with E-state index in [0.29, 0.717) is 5.92 Å². The minimum absolute atomic E-state index is 0.0138. The summed E-state index contributed by atoms with van der Waals surface area (Å²) in [4.78, 5) is 9.25. The van der Waals surface area contributed by atoms with Gasteiger partial charge in [0.25, 0.3) is 0 Å². The van der Waals surface area contributed by atoms with Crippen LogP contribution in [0.25, 0.3) is 0 Å². The molecule has 0 aliphatic heterocycles. The minimum Gasteiger partial charge on any atom is -0.478 e. The van der Waals surface area contributed by atoms with Crippen LogP contribution in [-0.2, 0) is 4.79 Å². The Kier molecular flexibility index (Phi) is 11.7. The van der Waals surface area contributed by atoms with Gasteiger partial charge in [0.2, 0.25) is 0 Å². The van der Waals surface area contributed by atoms with Crippen LogP contribution in [0.2, 0.25) is 0 Å². The molecule has 0 fully saturated rings. The third kappa shape index (κ3) is 11.2. The number of carboxylic acids is 1. The first-order valence-electron chi connectivity index (χ1n) is 5.60. The largest absolute Gasteiger partial charge is 0.478 e. The summed E-state index contributed by atoms with van der Waals surface area (Å²) in [6, 6.07) is 0. The Labute approximate surface area is 97.6 Å². The van der Waals surface area contributed by atoms with Gasteiger partial charge in [0.1, 0.15) is 0 Å². The molecule has 0 bridgehead atoms. The van der Waals surface area contributed by atoms with Crippen molar-refractivity contribution in [3.8, 4) is 0 Å². The molecular weight excluding hydrogens is 208 g/mol. The van der Waals surface area contributed by atoms with Crippen LogP contribution in [-0.4, -0.2) is 27.6 Å². The molecule has 0 heterocycles. The molecule has 0 aromatic heterocycles. The molecule has 0 amide bonds. The standard InChI is InChI=1S/C9H20O2.C3H4O2/c1-4-8(5-2)6-7(3)9(10)11;1-2-3(4)5/h7-11H,4-6H2,1-3H3;2H,1H2,(H,4,5). The smallest absolute Gasteiger partial charge is 0.327 e. The maximum atomic E-state index is 9.25. The predicted molar refractivity (Wildman–Crippen MR) is 63.9 cm³/mol. The van der Waals surface area contributed by atoms with Crippen molar-refractivity contribution in [2.75, 3.05) is 0 Å². The number of carboxylic acid groups (broad SMARTS) is 1. The predicted octanol–water partition coefficient (Wildman–Crippen LogP) is 2.02. The number of carbonyl (C=O) groups is 1. The van der Waals surface area contributed by atoms with Crippen LogP contribution in [0, 0.1) is 11.8 Å². The van der Waals surface area contributed by atoms with Crippen LogP contribution in [0.4, 0.5) is 0 Å². The van der Waals surface area contributed by atoms with Gasteiger partial charge in [0.05, 0.1) is 0 Å². The summed E-state index contributed by atoms with van der Waals surface area (Å²) in [5.74, 6) is -0.323. The molecule has 0 saturated carbocycles. The number of aliphatic hydroxyl groups excluding tert-OH is 1. The molecule has 0 aliphatic rings. The Morgan fingerprint density at radius 3 is 1.88 bits per heavy atom.